The lowest BCUT2D eigenvalue weighted by atomic mass is 10.2. The van der Waals surface area contributed by atoms with Gasteiger partial charge in [0.05, 0.1) is 6.42 Å². The fourth-order valence-corrected chi connectivity index (χ4v) is 0.658. The zero-order valence-corrected chi connectivity index (χ0v) is 6.87. The second kappa shape index (κ2) is 3.46. The SMILES string of the molecule is COC(C)(CC(O)(O)O)OC. The van der Waals surface area contributed by atoms with Gasteiger partial charge in [-0.3, -0.25) is 0 Å². The van der Waals surface area contributed by atoms with Crippen LogP contribution in [0.25, 0.3) is 0 Å². The van der Waals surface area contributed by atoms with E-state index in [-0.39, 0.29) is 0 Å². The van der Waals surface area contributed by atoms with Gasteiger partial charge in [0, 0.05) is 14.2 Å². The summed E-state index contributed by atoms with van der Waals surface area (Å²) in [5.74, 6) is -3.95. The molecule has 0 saturated carbocycles. The number of rotatable bonds is 4. The van der Waals surface area contributed by atoms with Crippen LogP contribution in [0, 0.1) is 0 Å². The molecule has 0 unspecified atom stereocenters. The summed E-state index contributed by atoms with van der Waals surface area (Å²) in [7, 11) is 2.68. The molecule has 0 aromatic rings. The average Bonchev–Trinajstić information content (AvgIpc) is 1.84. The molecule has 3 N–H and O–H groups in total. The topological polar surface area (TPSA) is 79.2 Å². The largest absolute Gasteiger partial charge is 0.353 e. The Bertz CT molecular complexity index is 113. The van der Waals surface area contributed by atoms with Gasteiger partial charge in [0.1, 0.15) is 0 Å². The molecule has 0 radical (unpaired) electrons. The van der Waals surface area contributed by atoms with Gasteiger partial charge in [0.25, 0.3) is 5.97 Å². The van der Waals surface area contributed by atoms with Crippen LogP contribution in [0.15, 0.2) is 0 Å². The van der Waals surface area contributed by atoms with Gasteiger partial charge < -0.3 is 24.8 Å². The molecule has 0 aromatic carbocycles. The van der Waals surface area contributed by atoms with Crippen LogP contribution in [-0.2, 0) is 9.47 Å². The van der Waals surface area contributed by atoms with Crippen molar-refractivity contribution in [2.75, 3.05) is 14.2 Å². The van der Waals surface area contributed by atoms with Gasteiger partial charge >= 0.3 is 0 Å². The molecule has 0 rings (SSSR count). The van der Waals surface area contributed by atoms with Crippen LogP contribution < -0.4 is 0 Å². The van der Waals surface area contributed by atoms with Crippen LogP contribution >= 0.6 is 0 Å². The van der Waals surface area contributed by atoms with Gasteiger partial charge in [-0.1, -0.05) is 0 Å². The first-order chi connectivity index (χ1) is 4.83. The molecule has 0 bridgehead atoms. The van der Waals surface area contributed by atoms with Crippen molar-refractivity contribution >= 4 is 0 Å². The van der Waals surface area contributed by atoms with Crippen molar-refractivity contribution in [3.8, 4) is 0 Å². The highest BCUT2D eigenvalue weighted by Crippen LogP contribution is 2.20. The number of methoxy groups -OCH3 is 2. The number of hydrogen-bond acceptors (Lipinski definition) is 5. The van der Waals surface area contributed by atoms with Crippen LogP contribution in [-0.4, -0.2) is 41.3 Å². The zero-order valence-electron chi connectivity index (χ0n) is 6.87. The van der Waals surface area contributed by atoms with Crippen molar-refractivity contribution in [1.82, 2.24) is 0 Å². The van der Waals surface area contributed by atoms with E-state index in [9.17, 15) is 0 Å². The third-order valence-corrected chi connectivity index (χ3v) is 1.42. The standard InChI is InChI=1S/C6H14O5/c1-5(10-2,11-3)4-6(7,8)9/h7-9H,4H2,1-3H3. The molecule has 11 heavy (non-hydrogen) atoms. The summed E-state index contributed by atoms with van der Waals surface area (Å²) >= 11 is 0. The first-order valence-corrected chi connectivity index (χ1v) is 3.10. The molecule has 0 aromatic heterocycles. The summed E-state index contributed by atoms with van der Waals surface area (Å²) in [6.45, 7) is 1.48. The van der Waals surface area contributed by atoms with Crippen LogP contribution in [0.2, 0.25) is 0 Å². The lowest BCUT2D eigenvalue weighted by molar-refractivity contribution is -0.356. The second-order valence-electron chi connectivity index (χ2n) is 2.49. The predicted octanol–water partition coefficient (Wildman–Crippen LogP) is -0.984. The quantitative estimate of drug-likeness (QED) is 0.468. The van der Waals surface area contributed by atoms with Crippen LogP contribution in [0.4, 0.5) is 0 Å². The average molecular weight is 166 g/mol. The van der Waals surface area contributed by atoms with E-state index in [1.807, 2.05) is 0 Å². The van der Waals surface area contributed by atoms with Gasteiger partial charge in [-0.2, -0.15) is 0 Å². The van der Waals surface area contributed by atoms with Crippen molar-refractivity contribution in [3.05, 3.63) is 0 Å². The Morgan fingerprint density at radius 2 is 1.45 bits per heavy atom. The molecule has 5 heteroatoms. The van der Waals surface area contributed by atoms with Crippen molar-refractivity contribution in [2.24, 2.45) is 0 Å². The minimum absolute atomic E-state index is 0.438. The van der Waals surface area contributed by atoms with E-state index in [4.69, 9.17) is 24.8 Å². The Balaban J connectivity index is 4.08. The number of ether oxygens (including phenoxy) is 2. The Hall–Kier alpha value is -0.200. The first kappa shape index (κ1) is 10.8. The van der Waals surface area contributed by atoms with Crippen molar-refractivity contribution in [1.29, 1.82) is 0 Å². The molecular formula is C6H14O5. The molecule has 0 heterocycles. The summed E-state index contributed by atoms with van der Waals surface area (Å²) in [4.78, 5) is 0. The molecule has 5 nitrogen and oxygen atoms in total. The van der Waals surface area contributed by atoms with Gasteiger partial charge in [0.15, 0.2) is 5.79 Å². The van der Waals surface area contributed by atoms with Crippen LogP contribution in [0.3, 0.4) is 0 Å². The van der Waals surface area contributed by atoms with Gasteiger partial charge in [-0.05, 0) is 6.92 Å². The highest BCUT2D eigenvalue weighted by molar-refractivity contribution is 4.65. The molecular weight excluding hydrogens is 152 g/mol. The monoisotopic (exact) mass is 166 g/mol. The second-order valence-corrected chi connectivity index (χ2v) is 2.49. The Labute approximate surface area is 65.2 Å². The zero-order chi connectivity index (χ0) is 9.12. The normalized spacial score (nSPS) is 13.6. The smallest absolute Gasteiger partial charge is 0.280 e. The number of hydrogen-bond donors (Lipinski definition) is 3. The van der Waals surface area contributed by atoms with E-state index in [1.54, 1.807) is 0 Å². The van der Waals surface area contributed by atoms with Crippen LogP contribution in [0.1, 0.15) is 13.3 Å². The third kappa shape index (κ3) is 4.28. The maximum absolute atomic E-state index is 8.57. The summed E-state index contributed by atoms with van der Waals surface area (Å²) in [5, 5.41) is 25.7. The van der Waals surface area contributed by atoms with E-state index < -0.39 is 18.2 Å². The van der Waals surface area contributed by atoms with E-state index in [1.165, 1.54) is 21.1 Å². The minimum Gasteiger partial charge on any atom is -0.353 e. The maximum Gasteiger partial charge on any atom is 0.280 e. The van der Waals surface area contributed by atoms with Crippen molar-refractivity contribution < 1.29 is 24.8 Å². The highest BCUT2D eigenvalue weighted by atomic mass is 16.7. The molecule has 0 amide bonds. The van der Waals surface area contributed by atoms with Crippen molar-refractivity contribution in [3.63, 3.8) is 0 Å². The fourth-order valence-electron chi connectivity index (χ4n) is 0.658. The highest BCUT2D eigenvalue weighted by Gasteiger charge is 2.34. The summed E-state index contributed by atoms with van der Waals surface area (Å²) in [6.07, 6.45) is -0.438. The van der Waals surface area contributed by atoms with E-state index in [2.05, 4.69) is 0 Å². The Kier molecular flexibility index (Phi) is 3.40. The molecule has 0 spiro atoms. The molecule has 0 fully saturated rings. The molecule has 0 aliphatic heterocycles. The minimum atomic E-state index is -2.76. The van der Waals surface area contributed by atoms with Crippen molar-refractivity contribution in [2.45, 2.75) is 25.1 Å². The molecule has 0 aliphatic rings. The van der Waals surface area contributed by atoms with E-state index >= 15 is 0 Å². The first-order valence-electron chi connectivity index (χ1n) is 3.10. The van der Waals surface area contributed by atoms with E-state index in [0.717, 1.165) is 0 Å². The molecule has 0 atom stereocenters. The van der Waals surface area contributed by atoms with Gasteiger partial charge in [-0.15, -0.1) is 0 Å². The van der Waals surface area contributed by atoms with Crippen LogP contribution in [0.5, 0.6) is 0 Å². The summed E-state index contributed by atoms with van der Waals surface area (Å²) < 4.78 is 9.52. The predicted molar refractivity (Wildman–Crippen MR) is 36.4 cm³/mol. The molecule has 0 saturated heterocycles. The summed E-state index contributed by atoms with van der Waals surface area (Å²) in [5.41, 5.74) is 0. The molecule has 0 aliphatic carbocycles. The summed E-state index contributed by atoms with van der Waals surface area (Å²) in [6, 6.07) is 0. The third-order valence-electron chi connectivity index (χ3n) is 1.42. The lowest BCUT2D eigenvalue weighted by Gasteiger charge is -2.29. The Morgan fingerprint density at radius 1 is 1.09 bits per heavy atom. The van der Waals surface area contributed by atoms with E-state index in [0.29, 0.717) is 0 Å². The molecule has 68 valence electrons. The Morgan fingerprint density at radius 3 is 1.55 bits per heavy atom. The fraction of sp³-hybridized carbons (Fsp3) is 1.00. The maximum atomic E-state index is 8.57. The van der Waals surface area contributed by atoms with Gasteiger partial charge in [-0.25, -0.2) is 0 Å². The van der Waals surface area contributed by atoms with Gasteiger partial charge in [0.2, 0.25) is 0 Å². The number of aliphatic hydroxyl groups is 3. The lowest BCUT2D eigenvalue weighted by Crippen LogP contribution is -2.41.